The molecule has 4 rings (SSSR count). The van der Waals surface area contributed by atoms with Gasteiger partial charge in [0, 0.05) is 31.1 Å². The van der Waals surface area contributed by atoms with Crippen molar-refractivity contribution in [3.63, 3.8) is 0 Å². The molecule has 0 spiro atoms. The van der Waals surface area contributed by atoms with Gasteiger partial charge in [-0.05, 0) is 61.3 Å². The topological polar surface area (TPSA) is 53.7 Å². The van der Waals surface area contributed by atoms with E-state index in [9.17, 15) is 9.90 Å². The van der Waals surface area contributed by atoms with E-state index in [4.69, 9.17) is 4.42 Å². The molecule has 3 atom stereocenters. The van der Waals surface area contributed by atoms with Gasteiger partial charge in [-0.1, -0.05) is 6.07 Å². The average Bonchev–Trinajstić information content (AvgIpc) is 2.96. The van der Waals surface area contributed by atoms with Gasteiger partial charge in [0.2, 0.25) is 0 Å². The normalized spacial score (nSPS) is 27.7. The second-order valence-electron chi connectivity index (χ2n) is 7.39. The number of likely N-dealkylation sites (tertiary alicyclic amines) is 1. The highest BCUT2D eigenvalue weighted by Gasteiger charge is 2.40. The minimum Gasteiger partial charge on any atom is -0.422 e. The summed E-state index contributed by atoms with van der Waals surface area (Å²) in [5.41, 5.74) is 3.71. The van der Waals surface area contributed by atoms with E-state index in [2.05, 4.69) is 24.0 Å². The summed E-state index contributed by atoms with van der Waals surface area (Å²) in [4.78, 5) is 14.4. The first-order valence-corrected chi connectivity index (χ1v) is 8.44. The third-order valence-corrected chi connectivity index (χ3v) is 5.46. The molecule has 23 heavy (non-hydrogen) atoms. The summed E-state index contributed by atoms with van der Waals surface area (Å²) >= 11 is 0. The summed E-state index contributed by atoms with van der Waals surface area (Å²) < 4.78 is 5.43. The molecule has 1 aliphatic carbocycles. The number of fused-ring (bicyclic) bond motifs is 2. The number of benzene rings is 1. The molecule has 2 aromatic rings. The van der Waals surface area contributed by atoms with E-state index in [0.29, 0.717) is 17.4 Å². The van der Waals surface area contributed by atoms with E-state index in [1.807, 2.05) is 6.92 Å². The quantitative estimate of drug-likeness (QED) is 0.866. The molecule has 122 valence electrons. The molecule has 1 aliphatic heterocycles. The van der Waals surface area contributed by atoms with Crippen molar-refractivity contribution >= 4 is 11.0 Å². The number of hydrogen-bond donors (Lipinski definition) is 1. The summed E-state index contributed by atoms with van der Waals surface area (Å²) in [5, 5.41) is 10.8. The standard InChI is InChI=1S/C19H23NO3/c1-11-3-12(2)19-17(4-11)15(7-18(22)23-19)10-20-8-13-5-16(21)6-14(13)9-20/h3-4,7,13-14,16,21H,5-6,8-10H2,1-2H3/t13-,14+,16?. The van der Waals surface area contributed by atoms with Crippen LogP contribution in [0.25, 0.3) is 11.0 Å². The zero-order valence-electron chi connectivity index (χ0n) is 13.7. The fraction of sp³-hybridized carbons (Fsp3) is 0.526. The van der Waals surface area contributed by atoms with Gasteiger partial charge in [0.1, 0.15) is 5.58 Å². The van der Waals surface area contributed by atoms with E-state index in [0.717, 1.165) is 49.0 Å². The molecule has 4 nitrogen and oxygen atoms in total. The maximum absolute atomic E-state index is 11.9. The predicted octanol–water partition coefficient (Wildman–Crippen LogP) is 2.61. The Labute approximate surface area is 135 Å². The molecule has 0 bridgehead atoms. The highest BCUT2D eigenvalue weighted by molar-refractivity contribution is 5.83. The Hall–Kier alpha value is -1.65. The van der Waals surface area contributed by atoms with Gasteiger partial charge in [-0.3, -0.25) is 4.90 Å². The molecule has 1 aromatic heterocycles. The van der Waals surface area contributed by atoms with Crippen molar-refractivity contribution in [3.05, 3.63) is 45.3 Å². The van der Waals surface area contributed by atoms with Crippen molar-refractivity contribution in [2.45, 2.75) is 39.3 Å². The van der Waals surface area contributed by atoms with Gasteiger partial charge >= 0.3 is 5.63 Å². The molecule has 1 N–H and O–H groups in total. The molecule has 2 heterocycles. The molecule has 4 heteroatoms. The van der Waals surface area contributed by atoms with Crippen LogP contribution >= 0.6 is 0 Å². The zero-order chi connectivity index (χ0) is 16.1. The highest BCUT2D eigenvalue weighted by atomic mass is 16.4. The van der Waals surface area contributed by atoms with Crippen molar-refractivity contribution < 1.29 is 9.52 Å². The van der Waals surface area contributed by atoms with Gasteiger partial charge in [0.05, 0.1) is 6.10 Å². The van der Waals surface area contributed by atoms with Crippen LogP contribution < -0.4 is 5.63 Å². The van der Waals surface area contributed by atoms with Gasteiger partial charge in [-0.15, -0.1) is 0 Å². The van der Waals surface area contributed by atoms with Crippen LogP contribution in [0.1, 0.15) is 29.5 Å². The molecule has 0 amide bonds. The van der Waals surface area contributed by atoms with Gasteiger partial charge in [0.15, 0.2) is 0 Å². The summed E-state index contributed by atoms with van der Waals surface area (Å²) in [5.74, 6) is 1.22. The monoisotopic (exact) mass is 313 g/mol. The Morgan fingerprint density at radius 2 is 1.87 bits per heavy atom. The molecular formula is C19H23NO3. The second-order valence-corrected chi connectivity index (χ2v) is 7.39. The fourth-order valence-electron chi connectivity index (χ4n) is 4.54. The zero-order valence-corrected chi connectivity index (χ0v) is 13.7. The Bertz CT molecular complexity index is 796. The van der Waals surface area contributed by atoms with Crippen molar-refractivity contribution in [1.29, 1.82) is 0 Å². The smallest absolute Gasteiger partial charge is 0.336 e. The maximum Gasteiger partial charge on any atom is 0.336 e. The minimum absolute atomic E-state index is 0.109. The minimum atomic E-state index is -0.269. The van der Waals surface area contributed by atoms with E-state index in [1.165, 1.54) is 5.56 Å². The average molecular weight is 313 g/mol. The van der Waals surface area contributed by atoms with Crippen LogP contribution in [0.4, 0.5) is 0 Å². The third kappa shape index (κ3) is 2.70. The summed E-state index contributed by atoms with van der Waals surface area (Å²) in [6, 6.07) is 5.81. The Kier molecular flexibility index (Phi) is 3.54. The van der Waals surface area contributed by atoms with Crippen LogP contribution in [0.2, 0.25) is 0 Å². The number of rotatable bonds is 2. The lowest BCUT2D eigenvalue weighted by molar-refractivity contribution is 0.161. The summed E-state index contributed by atoms with van der Waals surface area (Å²) in [7, 11) is 0. The summed E-state index contributed by atoms with van der Waals surface area (Å²) in [6.45, 7) is 6.89. The van der Waals surface area contributed by atoms with Crippen LogP contribution in [-0.4, -0.2) is 29.2 Å². The molecular weight excluding hydrogens is 290 g/mol. The SMILES string of the molecule is Cc1cc(C)c2oc(=O)cc(CN3C[C@H]4CC(O)C[C@H]4C3)c2c1. The molecule has 0 radical (unpaired) electrons. The lowest BCUT2D eigenvalue weighted by Crippen LogP contribution is -2.23. The van der Waals surface area contributed by atoms with Crippen molar-refractivity contribution in [2.24, 2.45) is 11.8 Å². The van der Waals surface area contributed by atoms with Gasteiger partial charge in [0.25, 0.3) is 0 Å². The first-order chi connectivity index (χ1) is 11.0. The molecule has 1 unspecified atom stereocenters. The number of aryl methyl sites for hydroxylation is 2. The molecule has 1 saturated heterocycles. The van der Waals surface area contributed by atoms with Gasteiger partial charge in [-0.2, -0.15) is 0 Å². The van der Waals surface area contributed by atoms with Crippen LogP contribution in [0, 0.1) is 25.7 Å². The Morgan fingerprint density at radius 1 is 1.17 bits per heavy atom. The second kappa shape index (κ2) is 5.46. The Morgan fingerprint density at radius 3 is 2.57 bits per heavy atom. The number of aliphatic hydroxyl groups excluding tert-OH is 1. The number of nitrogens with zero attached hydrogens (tertiary/aromatic N) is 1. The Balaban J connectivity index is 1.66. The molecule has 1 aromatic carbocycles. The number of hydrogen-bond acceptors (Lipinski definition) is 4. The molecule has 2 aliphatic rings. The van der Waals surface area contributed by atoms with Gasteiger partial charge in [-0.25, -0.2) is 4.79 Å². The first-order valence-electron chi connectivity index (χ1n) is 8.44. The molecule has 2 fully saturated rings. The lowest BCUT2D eigenvalue weighted by atomic mass is 10.0. The van der Waals surface area contributed by atoms with Crippen molar-refractivity contribution in [2.75, 3.05) is 13.1 Å². The summed E-state index contributed by atoms with van der Waals surface area (Å²) in [6.07, 6.45) is 1.75. The van der Waals surface area contributed by atoms with Crippen LogP contribution in [0.15, 0.2) is 27.4 Å². The lowest BCUT2D eigenvalue weighted by Gasteiger charge is -2.18. The van der Waals surface area contributed by atoms with Gasteiger partial charge < -0.3 is 9.52 Å². The maximum atomic E-state index is 11.9. The van der Waals surface area contributed by atoms with E-state index >= 15 is 0 Å². The predicted molar refractivity (Wildman–Crippen MR) is 89.5 cm³/mol. The van der Waals surface area contributed by atoms with E-state index in [1.54, 1.807) is 6.07 Å². The molecule has 1 saturated carbocycles. The van der Waals surface area contributed by atoms with Crippen LogP contribution in [0.5, 0.6) is 0 Å². The van der Waals surface area contributed by atoms with E-state index < -0.39 is 0 Å². The highest BCUT2D eigenvalue weighted by Crippen LogP contribution is 2.38. The van der Waals surface area contributed by atoms with Crippen LogP contribution in [0.3, 0.4) is 0 Å². The van der Waals surface area contributed by atoms with Crippen LogP contribution in [-0.2, 0) is 6.54 Å². The third-order valence-electron chi connectivity index (χ3n) is 5.46. The first kappa shape index (κ1) is 14.9. The van der Waals surface area contributed by atoms with Crippen molar-refractivity contribution in [1.82, 2.24) is 4.90 Å². The van der Waals surface area contributed by atoms with Crippen molar-refractivity contribution in [3.8, 4) is 0 Å². The van der Waals surface area contributed by atoms with E-state index in [-0.39, 0.29) is 11.7 Å². The fourth-order valence-corrected chi connectivity index (χ4v) is 4.54. The number of aliphatic hydroxyl groups is 1. The largest absolute Gasteiger partial charge is 0.422 e.